The third-order valence-corrected chi connectivity index (χ3v) is 2.88. The summed E-state index contributed by atoms with van der Waals surface area (Å²) in [7, 11) is 0. The molecule has 3 rings (SSSR count). The van der Waals surface area contributed by atoms with E-state index in [1.165, 1.54) is 6.33 Å². The zero-order valence-electron chi connectivity index (χ0n) is 9.48. The van der Waals surface area contributed by atoms with Crippen molar-refractivity contribution in [3.8, 4) is 0 Å². The van der Waals surface area contributed by atoms with Gasteiger partial charge >= 0.3 is 0 Å². The van der Waals surface area contributed by atoms with Crippen molar-refractivity contribution in [3.05, 3.63) is 24.2 Å². The molecule has 0 aliphatic carbocycles. The maximum absolute atomic E-state index is 11.7. The maximum atomic E-state index is 11.7. The van der Waals surface area contributed by atoms with E-state index in [0.717, 1.165) is 0 Å². The van der Waals surface area contributed by atoms with E-state index in [2.05, 4.69) is 9.98 Å². The van der Waals surface area contributed by atoms with Gasteiger partial charge in [-0.05, 0) is 6.08 Å². The number of aliphatic imine (C=N–C) groups is 1. The summed E-state index contributed by atoms with van der Waals surface area (Å²) in [5, 5.41) is 9.00. The number of ketones is 1. The van der Waals surface area contributed by atoms with Crippen molar-refractivity contribution in [1.82, 2.24) is 9.55 Å². The first kappa shape index (κ1) is 11.1. The van der Waals surface area contributed by atoms with Gasteiger partial charge in [0, 0.05) is 0 Å². The molecule has 7 heteroatoms. The second-order valence-corrected chi connectivity index (χ2v) is 4.16. The predicted octanol–water partition coefficient (Wildman–Crippen LogP) is -0.0959. The zero-order chi connectivity index (χ0) is 12.7. The highest BCUT2D eigenvalue weighted by Gasteiger charge is 2.28. The van der Waals surface area contributed by atoms with Crippen molar-refractivity contribution in [3.63, 3.8) is 0 Å². The maximum Gasteiger partial charge on any atom is 0.192 e. The molecule has 1 aromatic heterocycles. The number of nitrogens with zero attached hydrogens (tertiary/aromatic N) is 3. The van der Waals surface area contributed by atoms with Crippen LogP contribution in [0.2, 0.25) is 0 Å². The third kappa shape index (κ3) is 1.64. The van der Waals surface area contributed by atoms with Gasteiger partial charge in [0.05, 0.1) is 19.4 Å². The molecule has 2 aliphatic heterocycles. The SMILES string of the molecule is NC1=Nc2c(ncn2C2C=CC(CO)O2)C(=O)C1. The summed E-state index contributed by atoms with van der Waals surface area (Å²) < 4.78 is 7.16. The number of amidine groups is 1. The topological polar surface area (TPSA) is 103 Å². The molecule has 0 bridgehead atoms. The Bertz CT molecular complexity index is 561. The first-order valence-corrected chi connectivity index (χ1v) is 5.56. The van der Waals surface area contributed by atoms with Gasteiger partial charge in [-0.15, -0.1) is 0 Å². The molecule has 3 heterocycles. The zero-order valence-corrected chi connectivity index (χ0v) is 9.48. The molecule has 2 unspecified atom stereocenters. The summed E-state index contributed by atoms with van der Waals surface area (Å²) >= 11 is 0. The number of nitrogens with two attached hydrogens (primary N) is 1. The molecule has 0 amide bonds. The number of ether oxygens (including phenoxy) is 1. The van der Waals surface area contributed by atoms with Crippen molar-refractivity contribution in [1.29, 1.82) is 0 Å². The van der Waals surface area contributed by atoms with Crippen LogP contribution in [0.15, 0.2) is 23.5 Å². The molecule has 0 radical (unpaired) electrons. The fraction of sp³-hybridized carbons (Fsp3) is 0.364. The van der Waals surface area contributed by atoms with Crippen LogP contribution >= 0.6 is 0 Å². The van der Waals surface area contributed by atoms with Crippen LogP contribution < -0.4 is 5.73 Å². The highest BCUT2D eigenvalue weighted by molar-refractivity contribution is 6.13. The third-order valence-electron chi connectivity index (χ3n) is 2.88. The molecule has 2 aliphatic rings. The van der Waals surface area contributed by atoms with Crippen molar-refractivity contribution in [2.45, 2.75) is 18.8 Å². The molecule has 0 saturated carbocycles. The standard InChI is InChI=1S/C11H12N4O3/c12-8-3-7(17)10-11(14-8)15(5-13-10)9-2-1-6(4-16)18-9/h1-2,5-6,9,16H,3-4H2,(H2,12,14). The normalized spacial score (nSPS) is 26.3. The summed E-state index contributed by atoms with van der Waals surface area (Å²) in [6.07, 6.45) is 4.39. The van der Waals surface area contributed by atoms with E-state index in [1.807, 2.05) is 0 Å². The van der Waals surface area contributed by atoms with Crippen molar-refractivity contribution >= 4 is 17.4 Å². The lowest BCUT2D eigenvalue weighted by molar-refractivity contribution is -0.00727. The van der Waals surface area contributed by atoms with Crippen LogP contribution in [0, 0.1) is 0 Å². The van der Waals surface area contributed by atoms with E-state index in [1.54, 1.807) is 16.7 Å². The predicted molar refractivity (Wildman–Crippen MR) is 62.6 cm³/mol. The van der Waals surface area contributed by atoms with Crippen LogP contribution in [0.4, 0.5) is 5.82 Å². The first-order valence-electron chi connectivity index (χ1n) is 5.56. The number of Topliss-reactive ketones (excluding diaryl/α,β-unsaturated/α-hetero) is 1. The minimum atomic E-state index is -0.416. The van der Waals surface area contributed by atoms with Gasteiger partial charge in [0.2, 0.25) is 0 Å². The molecule has 7 nitrogen and oxygen atoms in total. The van der Waals surface area contributed by atoms with Gasteiger partial charge in [0.1, 0.15) is 11.9 Å². The average molecular weight is 248 g/mol. The molecule has 1 aromatic rings. The highest BCUT2D eigenvalue weighted by Crippen LogP contribution is 2.31. The van der Waals surface area contributed by atoms with Crippen LogP contribution in [-0.4, -0.2) is 39.0 Å². The van der Waals surface area contributed by atoms with Crippen LogP contribution in [0.1, 0.15) is 23.1 Å². The van der Waals surface area contributed by atoms with Crippen molar-refractivity contribution in [2.75, 3.05) is 6.61 Å². The van der Waals surface area contributed by atoms with Gasteiger partial charge in [-0.2, -0.15) is 0 Å². The van der Waals surface area contributed by atoms with Crippen molar-refractivity contribution < 1.29 is 14.6 Å². The van der Waals surface area contributed by atoms with E-state index in [-0.39, 0.29) is 30.8 Å². The Hall–Kier alpha value is -1.99. The number of hydrogen-bond donors (Lipinski definition) is 2. The number of aliphatic hydroxyl groups excluding tert-OH is 1. The Labute approximate surface area is 103 Å². The second kappa shape index (κ2) is 4.04. The number of fused-ring (bicyclic) bond motifs is 1. The van der Waals surface area contributed by atoms with E-state index < -0.39 is 6.23 Å². The molecule has 2 atom stereocenters. The summed E-state index contributed by atoms with van der Waals surface area (Å²) in [5.41, 5.74) is 5.92. The largest absolute Gasteiger partial charge is 0.393 e. The van der Waals surface area contributed by atoms with E-state index in [4.69, 9.17) is 15.6 Å². The van der Waals surface area contributed by atoms with Gasteiger partial charge in [0.15, 0.2) is 23.5 Å². The van der Waals surface area contributed by atoms with Crippen LogP contribution in [0.3, 0.4) is 0 Å². The molecule has 0 saturated heterocycles. The number of hydrogen-bond acceptors (Lipinski definition) is 6. The van der Waals surface area contributed by atoms with E-state index in [0.29, 0.717) is 11.5 Å². The van der Waals surface area contributed by atoms with Crippen LogP contribution in [0.5, 0.6) is 0 Å². The smallest absolute Gasteiger partial charge is 0.192 e. The Morgan fingerprint density at radius 1 is 1.56 bits per heavy atom. The van der Waals surface area contributed by atoms with E-state index >= 15 is 0 Å². The molecular weight excluding hydrogens is 236 g/mol. The monoisotopic (exact) mass is 248 g/mol. The number of aromatic nitrogens is 2. The molecule has 0 fully saturated rings. The van der Waals surface area contributed by atoms with Crippen LogP contribution in [0.25, 0.3) is 0 Å². The average Bonchev–Trinajstić information content (AvgIpc) is 2.93. The Morgan fingerprint density at radius 3 is 3.11 bits per heavy atom. The van der Waals surface area contributed by atoms with Gasteiger partial charge in [-0.3, -0.25) is 9.36 Å². The molecule has 3 N–H and O–H groups in total. The number of carbonyl (C=O) groups is 1. The number of rotatable bonds is 2. The number of aliphatic hydroxyl groups is 1. The minimum Gasteiger partial charge on any atom is -0.393 e. The minimum absolute atomic E-state index is 0.0891. The summed E-state index contributed by atoms with van der Waals surface area (Å²) in [6.45, 7) is -0.0891. The lowest BCUT2D eigenvalue weighted by Gasteiger charge is -2.16. The fourth-order valence-electron chi connectivity index (χ4n) is 2.02. The Kier molecular flexibility index (Phi) is 2.49. The quantitative estimate of drug-likeness (QED) is 0.712. The lowest BCUT2D eigenvalue weighted by atomic mass is 10.1. The second-order valence-electron chi connectivity index (χ2n) is 4.16. The van der Waals surface area contributed by atoms with Gasteiger partial charge in [0.25, 0.3) is 0 Å². The van der Waals surface area contributed by atoms with Crippen LogP contribution in [-0.2, 0) is 4.74 Å². The molecular formula is C11H12N4O3. The molecule has 18 heavy (non-hydrogen) atoms. The number of carbonyl (C=O) groups excluding carboxylic acids is 1. The summed E-state index contributed by atoms with van der Waals surface area (Å²) in [4.78, 5) is 19.9. The van der Waals surface area contributed by atoms with Gasteiger partial charge in [-0.25, -0.2) is 9.98 Å². The highest BCUT2D eigenvalue weighted by atomic mass is 16.5. The summed E-state index contributed by atoms with van der Waals surface area (Å²) in [5.74, 6) is 0.545. The molecule has 94 valence electrons. The summed E-state index contributed by atoms with van der Waals surface area (Å²) in [6, 6.07) is 0. The molecule has 0 aromatic carbocycles. The number of imidazole rings is 1. The molecule has 0 spiro atoms. The fourth-order valence-corrected chi connectivity index (χ4v) is 2.02. The van der Waals surface area contributed by atoms with Gasteiger partial charge in [-0.1, -0.05) is 6.08 Å². The van der Waals surface area contributed by atoms with E-state index in [9.17, 15) is 4.79 Å². The Balaban J connectivity index is 1.97. The van der Waals surface area contributed by atoms with Crippen molar-refractivity contribution in [2.24, 2.45) is 10.7 Å². The Morgan fingerprint density at radius 2 is 2.39 bits per heavy atom. The van der Waals surface area contributed by atoms with Gasteiger partial charge < -0.3 is 15.6 Å². The lowest BCUT2D eigenvalue weighted by Crippen LogP contribution is -2.22. The first-order chi connectivity index (χ1) is 8.69.